The maximum Gasteiger partial charge on any atom is 0.134 e. The number of hydrogen-bond acceptors (Lipinski definition) is 2. The van der Waals surface area contributed by atoms with E-state index in [9.17, 15) is 0 Å². The van der Waals surface area contributed by atoms with E-state index in [-0.39, 0.29) is 20.7 Å². The molecule has 2 unspecified atom stereocenters. The number of benzene rings is 3. The van der Waals surface area contributed by atoms with E-state index in [0.717, 1.165) is 23.3 Å². The van der Waals surface area contributed by atoms with Crippen molar-refractivity contribution in [1.29, 1.82) is 0 Å². The highest BCUT2D eigenvalue weighted by molar-refractivity contribution is 14.2. The van der Waals surface area contributed by atoms with Gasteiger partial charge in [0.1, 0.15) is 17.7 Å². The molecule has 150 valence electrons. The largest absolute Gasteiger partial charge is 0.335 e. The van der Waals surface area contributed by atoms with E-state index in [0.29, 0.717) is 9.97 Å². The summed E-state index contributed by atoms with van der Waals surface area (Å²) in [7, 11) is 5.90. The van der Waals surface area contributed by atoms with Gasteiger partial charge in [-0.05, 0) is 17.5 Å². The van der Waals surface area contributed by atoms with E-state index in [1.807, 2.05) is 12.1 Å². The molecule has 3 aromatic carbocycles. The summed E-state index contributed by atoms with van der Waals surface area (Å²) in [6.07, 6.45) is 9.92. The van der Waals surface area contributed by atoms with Crippen molar-refractivity contribution in [3.8, 4) is 11.1 Å². The van der Waals surface area contributed by atoms with Crippen LogP contribution >= 0.6 is 20.7 Å². The van der Waals surface area contributed by atoms with Crippen LogP contribution in [0.2, 0.25) is 0 Å². The van der Waals surface area contributed by atoms with Gasteiger partial charge in [0.25, 0.3) is 0 Å². The van der Waals surface area contributed by atoms with Gasteiger partial charge >= 0.3 is 0 Å². The van der Waals surface area contributed by atoms with Gasteiger partial charge < -0.3 is 5.32 Å². The highest BCUT2D eigenvalue weighted by Crippen LogP contribution is 2.32. The Labute approximate surface area is 195 Å². The van der Waals surface area contributed by atoms with Crippen molar-refractivity contribution in [3.63, 3.8) is 0 Å². The average molecular weight is 512 g/mol. The minimum atomic E-state index is -0.303. The van der Waals surface area contributed by atoms with E-state index >= 15 is 0 Å². The van der Waals surface area contributed by atoms with Crippen LogP contribution < -0.4 is 10.8 Å². The summed E-state index contributed by atoms with van der Waals surface area (Å²) < 4.78 is 1.64. The molecule has 1 N–H and O–H groups in total. The summed E-state index contributed by atoms with van der Waals surface area (Å²) >= 11 is -0.303. The summed E-state index contributed by atoms with van der Waals surface area (Å²) in [6.45, 7) is 0. The molecule has 3 aromatic rings. The molecule has 2 atom stereocenters. The molecule has 0 fully saturated rings. The number of allylic oxidation sites excluding steroid dienone is 3. The molecule has 2 nitrogen and oxygen atoms in total. The molecule has 1 aliphatic heterocycles. The predicted molar refractivity (Wildman–Crippen MR) is 142 cm³/mol. The van der Waals surface area contributed by atoms with Gasteiger partial charge in [0.2, 0.25) is 0 Å². The monoisotopic (exact) mass is 512 g/mol. The summed E-state index contributed by atoms with van der Waals surface area (Å²) in [5.41, 5.74) is 5.59. The molecule has 0 aromatic heterocycles. The van der Waals surface area contributed by atoms with Crippen LogP contribution in [0.1, 0.15) is 17.5 Å². The Balaban J connectivity index is 1.48. The SMILES string of the molecule is [B]c1ccc(C2=NC(C3C=CC=CC3)I=C(c3ccc(-c4ccccc4)cc3)N2)cc1. The van der Waals surface area contributed by atoms with Gasteiger partial charge in [-0.25, -0.2) is 0 Å². The van der Waals surface area contributed by atoms with Crippen LogP contribution in [0.4, 0.5) is 0 Å². The lowest BCUT2D eigenvalue weighted by molar-refractivity contribution is 0.649. The zero-order chi connectivity index (χ0) is 21.0. The summed E-state index contributed by atoms with van der Waals surface area (Å²) in [6, 6.07) is 27.4. The quantitative estimate of drug-likeness (QED) is 0.224. The first kappa shape index (κ1) is 20.2. The van der Waals surface area contributed by atoms with Crippen molar-refractivity contribution in [2.75, 3.05) is 0 Å². The van der Waals surface area contributed by atoms with Crippen molar-refractivity contribution in [2.24, 2.45) is 10.9 Å². The third-order valence-corrected chi connectivity index (χ3v) is 8.85. The van der Waals surface area contributed by atoms with Gasteiger partial charge in [-0.1, -0.05) is 129 Å². The van der Waals surface area contributed by atoms with E-state index in [1.165, 1.54) is 20.3 Å². The lowest BCUT2D eigenvalue weighted by Gasteiger charge is -2.26. The first-order valence-electron chi connectivity index (χ1n) is 10.5. The topological polar surface area (TPSA) is 24.4 Å². The minimum Gasteiger partial charge on any atom is -0.335 e. The van der Waals surface area contributed by atoms with Crippen molar-refractivity contribution in [1.82, 2.24) is 5.32 Å². The second-order valence-corrected chi connectivity index (χ2v) is 10.7. The van der Waals surface area contributed by atoms with Gasteiger partial charge in [0.05, 0.1) is 3.63 Å². The second-order valence-electron chi connectivity index (χ2n) is 7.68. The molecule has 5 rings (SSSR count). The Morgan fingerprint density at radius 2 is 1.45 bits per heavy atom. The highest BCUT2D eigenvalue weighted by Gasteiger charge is 2.24. The second kappa shape index (κ2) is 9.19. The molecule has 0 saturated heterocycles. The molecule has 0 amide bonds. The van der Waals surface area contributed by atoms with Gasteiger partial charge in [-0.2, -0.15) is 0 Å². The third kappa shape index (κ3) is 4.64. The molecular formula is C27H22BIN2. The highest BCUT2D eigenvalue weighted by atomic mass is 127. The Bertz CT molecular complexity index is 1180. The Kier molecular flexibility index (Phi) is 5.98. The molecule has 0 saturated carbocycles. The zero-order valence-corrected chi connectivity index (χ0v) is 19.2. The number of halogens is 1. The number of rotatable bonds is 4. The number of nitrogens with zero attached hydrogens (tertiary/aromatic N) is 1. The lowest BCUT2D eigenvalue weighted by atomic mass is 9.95. The van der Waals surface area contributed by atoms with E-state index in [4.69, 9.17) is 12.8 Å². The maximum absolute atomic E-state index is 5.90. The Hall–Kier alpha value is -2.73. The summed E-state index contributed by atoms with van der Waals surface area (Å²) in [5.74, 6) is 1.41. The van der Waals surface area contributed by atoms with Gasteiger partial charge in [-0.15, -0.1) is 0 Å². The van der Waals surface area contributed by atoms with Crippen LogP contribution in [-0.2, 0) is 0 Å². The number of hydrogen-bond donors (Lipinski definition) is 1. The summed E-state index contributed by atoms with van der Waals surface area (Å²) in [4.78, 5) is 5.15. The fourth-order valence-corrected chi connectivity index (χ4v) is 6.95. The average Bonchev–Trinajstić information content (AvgIpc) is 2.85. The van der Waals surface area contributed by atoms with Crippen molar-refractivity contribution in [2.45, 2.75) is 10.5 Å². The lowest BCUT2D eigenvalue weighted by Crippen LogP contribution is -2.36. The maximum atomic E-state index is 5.90. The molecule has 2 radical (unpaired) electrons. The number of aliphatic imine (C=N–C) groups is 1. The van der Waals surface area contributed by atoms with E-state index < -0.39 is 0 Å². The minimum absolute atomic E-state index is 0.303. The first-order valence-corrected chi connectivity index (χ1v) is 12.8. The molecular weight excluding hydrogens is 490 g/mol. The number of nitrogens with one attached hydrogen (secondary N) is 1. The van der Waals surface area contributed by atoms with Gasteiger partial charge in [0.15, 0.2) is 0 Å². The number of amidine groups is 1. The molecule has 31 heavy (non-hydrogen) atoms. The van der Waals surface area contributed by atoms with Crippen LogP contribution in [0.25, 0.3) is 11.1 Å². The molecule has 1 aliphatic carbocycles. The third-order valence-electron chi connectivity index (χ3n) is 5.50. The van der Waals surface area contributed by atoms with Gasteiger partial charge in [-0.3, -0.25) is 4.99 Å². The van der Waals surface area contributed by atoms with Gasteiger partial charge in [0, 0.05) is 17.0 Å². The van der Waals surface area contributed by atoms with Crippen LogP contribution in [0.15, 0.2) is 108 Å². The van der Waals surface area contributed by atoms with Crippen LogP contribution in [0.5, 0.6) is 0 Å². The fraction of sp³-hybridized carbons (Fsp3) is 0.111. The molecule has 4 heteroatoms. The van der Waals surface area contributed by atoms with E-state index in [1.54, 1.807) is 0 Å². The first-order chi connectivity index (χ1) is 15.3. The van der Waals surface area contributed by atoms with Crippen molar-refractivity contribution < 1.29 is 0 Å². The molecule has 1 heterocycles. The zero-order valence-electron chi connectivity index (χ0n) is 17.1. The normalized spacial score (nSPS) is 20.3. The van der Waals surface area contributed by atoms with Crippen molar-refractivity contribution >= 4 is 43.5 Å². The molecule has 0 bridgehead atoms. The fourth-order valence-electron chi connectivity index (χ4n) is 3.77. The Morgan fingerprint density at radius 1 is 0.774 bits per heavy atom. The molecule has 2 aliphatic rings. The molecule has 0 spiro atoms. The van der Waals surface area contributed by atoms with Crippen LogP contribution in [-0.4, -0.2) is 21.4 Å². The van der Waals surface area contributed by atoms with Crippen LogP contribution in [0.3, 0.4) is 0 Å². The standard InChI is InChI=1S/C27H22BIN2/c28-24-17-15-23(16-18-24)27-30-25(21-9-5-2-6-10-21)29-26(31-27)22-13-11-20(12-14-22)19-7-3-1-4-8-19/h1-9,11-18,21,25H,10H2,(H,30,31). The van der Waals surface area contributed by atoms with E-state index in [2.05, 4.69) is 96.4 Å². The summed E-state index contributed by atoms with van der Waals surface area (Å²) in [5, 5.41) is 3.67. The van der Waals surface area contributed by atoms with Crippen LogP contribution in [0, 0.1) is 5.92 Å². The van der Waals surface area contributed by atoms with Crippen molar-refractivity contribution in [3.05, 3.63) is 114 Å². The number of alkyl halides is 1. The smallest absolute Gasteiger partial charge is 0.134 e. The Morgan fingerprint density at radius 3 is 2.16 bits per heavy atom. The predicted octanol–water partition coefficient (Wildman–Crippen LogP) is 5.10.